The van der Waals surface area contributed by atoms with Crippen LogP contribution in [0.5, 0.6) is 0 Å². The molecule has 0 N–H and O–H groups in total. The number of aromatic nitrogens is 2. The van der Waals surface area contributed by atoms with Crippen molar-refractivity contribution in [2.45, 2.75) is 33.0 Å². The zero-order chi connectivity index (χ0) is 8.48. The lowest BCUT2D eigenvalue weighted by atomic mass is 9.89. The van der Waals surface area contributed by atoms with Crippen molar-refractivity contribution in [3.8, 4) is 0 Å². The third-order valence-corrected chi connectivity index (χ3v) is 1.82. The summed E-state index contributed by atoms with van der Waals surface area (Å²) in [6.07, 6.45) is 4.06. The van der Waals surface area contributed by atoms with Crippen molar-refractivity contribution >= 4 is 7.41 Å². The van der Waals surface area contributed by atoms with Crippen LogP contribution in [-0.2, 0) is 5.41 Å². The first kappa shape index (κ1) is 8.37. The van der Waals surface area contributed by atoms with E-state index in [4.69, 9.17) is 0 Å². The molecule has 0 bridgehead atoms. The Labute approximate surface area is 68.9 Å². The number of rotatable bonds is 1. The zero-order valence-corrected chi connectivity index (χ0v) is 7.76. The highest BCUT2D eigenvalue weighted by atomic mass is 15.2. The molecule has 1 heterocycles. The molecule has 2 nitrogen and oxygen atoms in total. The van der Waals surface area contributed by atoms with Gasteiger partial charge in [-0.15, -0.1) is 0 Å². The molecule has 60 valence electrons. The first-order valence-electron chi connectivity index (χ1n) is 4.07. The van der Waals surface area contributed by atoms with Gasteiger partial charge >= 0.3 is 0 Å². The van der Waals surface area contributed by atoms with Crippen molar-refractivity contribution in [2.24, 2.45) is 0 Å². The second-order valence-electron chi connectivity index (χ2n) is 3.83. The van der Waals surface area contributed by atoms with E-state index in [1.54, 1.807) is 0 Å². The number of hydrogen-bond donors (Lipinski definition) is 0. The van der Waals surface area contributed by atoms with Crippen molar-refractivity contribution < 1.29 is 0 Å². The molecule has 0 saturated heterocycles. The Morgan fingerprint density at radius 1 is 1.45 bits per heavy atom. The highest BCUT2D eigenvalue weighted by Gasteiger charge is 2.14. The fourth-order valence-electron chi connectivity index (χ4n) is 0.924. The minimum absolute atomic E-state index is 0.230. The lowest BCUT2D eigenvalue weighted by Gasteiger charge is -2.14. The van der Waals surface area contributed by atoms with Gasteiger partial charge in [-0.3, -0.25) is 0 Å². The minimum Gasteiger partial charge on any atom is -0.322 e. The van der Waals surface area contributed by atoms with Crippen LogP contribution in [0.25, 0.3) is 0 Å². The summed E-state index contributed by atoms with van der Waals surface area (Å²) in [4.78, 5) is 0. The summed E-state index contributed by atoms with van der Waals surface area (Å²) in [6.45, 7) is 8.69. The largest absolute Gasteiger partial charge is 0.322 e. The van der Waals surface area contributed by atoms with E-state index < -0.39 is 0 Å². The van der Waals surface area contributed by atoms with Crippen LogP contribution in [0.1, 0.15) is 26.3 Å². The maximum atomic E-state index is 4.22. The second kappa shape index (κ2) is 2.72. The predicted octanol–water partition coefficient (Wildman–Crippen LogP) is 1.43. The zero-order valence-electron chi connectivity index (χ0n) is 7.76. The van der Waals surface area contributed by atoms with Crippen LogP contribution in [-0.4, -0.2) is 17.1 Å². The summed E-state index contributed by atoms with van der Waals surface area (Å²) in [6, 6.07) is 0. The van der Waals surface area contributed by atoms with E-state index in [0.717, 1.165) is 7.41 Å². The van der Waals surface area contributed by atoms with Crippen LogP contribution in [0.4, 0.5) is 0 Å². The number of nitrogens with zero attached hydrogens (tertiary/aromatic N) is 2. The Bertz CT molecular complexity index is 234. The molecule has 0 aliphatic rings. The quantitative estimate of drug-likeness (QED) is 0.553. The molecule has 0 spiro atoms. The molecule has 0 aliphatic heterocycles. The lowest BCUT2D eigenvalue weighted by molar-refractivity contribution is 0.590. The molecule has 0 amide bonds. The van der Waals surface area contributed by atoms with Gasteiger partial charge in [-0.1, -0.05) is 27.6 Å². The molecule has 1 aromatic heterocycles. The average molecular weight is 150 g/mol. The molecule has 0 atom stereocenters. The molecule has 3 heteroatoms. The normalized spacial score (nSPS) is 11.6. The Balaban J connectivity index is 2.89. The fourth-order valence-corrected chi connectivity index (χ4v) is 0.924. The van der Waals surface area contributed by atoms with Crippen LogP contribution in [0, 0.1) is 0 Å². The summed E-state index contributed by atoms with van der Waals surface area (Å²) in [5, 5.41) is 4.22. The smallest absolute Gasteiger partial charge is 0.263 e. The Hall–Kier alpha value is -0.725. The van der Waals surface area contributed by atoms with E-state index in [2.05, 4.69) is 38.9 Å². The van der Waals surface area contributed by atoms with Gasteiger partial charge in [-0.2, -0.15) is 5.10 Å². The van der Waals surface area contributed by atoms with Gasteiger partial charge in [0.15, 0.2) is 0 Å². The Morgan fingerprint density at radius 3 is 2.36 bits per heavy atom. The molecule has 1 rings (SSSR count). The molecule has 1 aromatic rings. The van der Waals surface area contributed by atoms with Crippen molar-refractivity contribution in [3.05, 3.63) is 18.0 Å². The van der Waals surface area contributed by atoms with Crippen LogP contribution >= 0.6 is 0 Å². The summed E-state index contributed by atoms with van der Waals surface area (Å²) in [7, 11) is 0.954. The standard InChI is InChI=1S/C8H15BN2/c1-8(2,3)7-5-10-11(6-7)9-4/h5-6,9H,1-4H3. The third-order valence-electron chi connectivity index (χ3n) is 1.82. The summed E-state index contributed by atoms with van der Waals surface area (Å²) < 4.78 is 1.96. The maximum absolute atomic E-state index is 4.22. The molecule has 0 aliphatic carbocycles. The van der Waals surface area contributed by atoms with Gasteiger partial charge in [0.05, 0.1) is 6.20 Å². The third kappa shape index (κ3) is 1.85. The summed E-state index contributed by atoms with van der Waals surface area (Å²) >= 11 is 0. The summed E-state index contributed by atoms with van der Waals surface area (Å²) in [5.74, 6) is 0. The van der Waals surface area contributed by atoms with Crippen LogP contribution in [0.2, 0.25) is 6.82 Å². The van der Waals surface area contributed by atoms with Crippen LogP contribution in [0.15, 0.2) is 12.4 Å². The predicted molar refractivity (Wildman–Crippen MR) is 49.3 cm³/mol. The SMILES string of the molecule is CBn1cc(C(C)(C)C)cn1. The Kier molecular flexibility index (Phi) is 2.07. The van der Waals surface area contributed by atoms with E-state index in [-0.39, 0.29) is 5.41 Å². The highest BCUT2D eigenvalue weighted by Crippen LogP contribution is 2.20. The lowest BCUT2D eigenvalue weighted by Crippen LogP contribution is -2.10. The average Bonchev–Trinajstić information content (AvgIpc) is 2.32. The molecule has 11 heavy (non-hydrogen) atoms. The topological polar surface area (TPSA) is 17.8 Å². The van der Waals surface area contributed by atoms with Crippen molar-refractivity contribution in [1.29, 1.82) is 0 Å². The van der Waals surface area contributed by atoms with Gasteiger partial charge in [0.1, 0.15) is 0 Å². The molecule has 0 unspecified atom stereocenters. The monoisotopic (exact) mass is 150 g/mol. The van der Waals surface area contributed by atoms with Crippen molar-refractivity contribution in [2.75, 3.05) is 0 Å². The molecule has 0 fully saturated rings. The van der Waals surface area contributed by atoms with Gasteiger partial charge in [-0.25, -0.2) is 0 Å². The van der Waals surface area contributed by atoms with Crippen molar-refractivity contribution in [3.63, 3.8) is 0 Å². The molecular formula is C8H15BN2. The summed E-state index contributed by atoms with van der Waals surface area (Å²) in [5.41, 5.74) is 1.53. The molecule has 0 aromatic carbocycles. The molecule has 0 radical (unpaired) electrons. The fraction of sp³-hybridized carbons (Fsp3) is 0.625. The van der Waals surface area contributed by atoms with E-state index in [1.165, 1.54) is 5.56 Å². The van der Waals surface area contributed by atoms with Crippen LogP contribution < -0.4 is 0 Å². The minimum atomic E-state index is 0.230. The first-order valence-corrected chi connectivity index (χ1v) is 4.07. The van der Waals surface area contributed by atoms with E-state index in [9.17, 15) is 0 Å². The van der Waals surface area contributed by atoms with E-state index in [0.29, 0.717) is 0 Å². The molecular weight excluding hydrogens is 135 g/mol. The van der Waals surface area contributed by atoms with E-state index >= 15 is 0 Å². The molecule has 0 saturated carbocycles. The Morgan fingerprint density at radius 2 is 2.09 bits per heavy atom. The first-order chi connectivity index (χ1) is 5.04. The van der Waals surface area contributed by atoms with Crippen LogP contribution in [0.3, 0.4) is 0 Å². The number of hydrogen-bond acceptors (Lipinski definition) is 1. The second-order valence-corrected chi connectivity index (χ2v) is 3.83. The van der Waals surface area contributed by atoms with Crippen molar-refractivity contribution in [1.82, 2.24) is 9.69 Å². The van der Waals surface area contributed by atoms with E-state index in [1.807, 2.05) is 10.8 Å². The highest BCUT2D eigenvalue weighted by molar-refractivity contribution is 6.30. The van der Waals surface area contributed by atoms with Gasteiger partial charge in [-0.05, 0) is 11.0 Å². The van der Waals surface area contributed by atoms with Gasteiger partial charge in [0.25, 0.3) is 7.41 Å². The van der Waals surface area contributed by atoms with Gasteiger partial charge in [0.2, 0.25) is 0 Å². The maximum Gasteiger partial charge on any atom is 0.263 e. The van der Waals surface area contributed by atoms with Gasteiger partial charge < -0.3 is 4.59 Å². The van der Waals surface area contributed by atoms with Gasteiger partial charge in [0, 0.05) is 6.20 Å².